The van der Waals surface area contributed by atoms with E-state index in [9.17, 15) is 0 Å². The molecular formula is C10H16BrNOS. The van der Waals surface area contributed by atoms with Gasteiger partial charge in [0.25, 0.3) is 0 Å². The zero-order valence-corrected chi connectivity index (χ0v) is 11.0. The van der Waals surface area contributed by atoms with Crippen LogP contribution in [0.4, 0.5) is 0 Å². The average molecular weight is 278 g/mol. The summed E-state index contributed by atoms with van der Waals surface area (Å²) in [5, 5.41) is 5.37. The third-order valence-corrected chi connectivity index (χ3v) is 3.89. The molecule has 14 heavy (non-hydrogen) atoms. The summed E-state index contributed by atoms with van der Waals surface area (Å²) in [6.45, 7) is 0.781. The first-order valence-electron chi connectivity index (χ1n) is 4.65. The van der Waals surface area contributed by atoms with Gasteiger partial charge in [-0.2, -0.15) is 0 Å². The molecule has 1 N–H and O–H groups in total. The normalized spacial score (nSPS) is 13.1. The van der Waals surface area contributed by atoms with Crippen LogP contribution in [0.3, 0.4) is 0 Å². The van der Waals surface area contributed by atoms with Gasteiger partial charge in [0.2, 0.25) is 0 Å². The molecule has 0 saturated heterocycles. The van der Waals surface area contributed by atoms with Crippen molar-refractivity contribution in [2.75, 3.05) is 20.8 Å². The fraction of sp³-hybridized carbons (Fsp3) is 0.600. The number of hydrogen-bond donors (Lipinski definition) is 1. The Kier molecular flexibility index (Phi) is 5.70. The van der Waals surface area contributed by atoms with Crippen LogP contribution in [0.25, 0.3) is 0 Å². The SMILES string of the molecule is CNC(CCc1cc(Br)cs1)COC. The number of aryl methyl sites for hydroxylation is 1. The molecule has 0 spiro atoms. The third-order valence-electron chi connectivity index (χ3n) is 2.14. The second-order valence-electron chi connectivity index (χ2n) is 3.21. The first-order valence-corrected chi connectivity index (χ1v) is 6.32. The van der Waals surface area contributed by atoms with Crippen LogP contribution in [0, 0.1) is 0 Å². The molecule has 0 aliphatic heterocycles. The Bertz CT molecular complexity index is 264. The molecule has 0 aliphatic rings. The molecule has 2 nitrogen and oxygen atoms in total. The number of ether oxygens (including phenoxy) is 1. The van der Waals surface area contributed by atoms with Crippen LogP contribution in [-0.4, -0.2) is 26.8 Å². The Hall–Kier alpha value is 0.1000. The minimum Gasteiger partial charge on any atom is -0.383 e. The Morgan fingerprint density at radius 1 is 1.64 bits per heavy atom. The number of thiophene rings is 1. The van der Waals surface area contributed by atoms with Crippen molar-refractivity contribution in [3.05, 3.63) is 20.8 Å². The molecule has 0 radical (unpaired) electrons. The lowest BCUT2D eigenvalue weighted by Gasteiger charge is -2.13. The van der Waals surface area contributed by atoms with Crippen molar-refractivity contribution in [3.8, 4) is 0 Å². The zero-order valence-electron chi connectivity index (χ0n) is 8.55. The summed E-state index contributed by atoms with van der Waals surface area (Å²) in [7, 11) is 3.72. The van der Waals surface area contributed by atoms with Gasteiger partial charge >= 0.3 is 0 Å². The van der Waals surface area contributed by atoms with E-state index in [0.717, 1.165) is 19.4 Å². The van der Waals surface area contributed by atoms with Gasteiger partial charge in [-0.1, -0.05) is 0 Å². The van der Waals surface area contributed by atoms with Gasteiger partial charge in [0.1, 0.15) is 0 Å². The van der Waals surface area contributed by atoms with Crippen LogP contribution < -0.4 is 5.32 Å². The predicted octanol–water partition coefficient (Wildman–Crippen LogP) is 2.68. The number of rotatable bonds is 6. The number of halogens is 1. The van der Waals surface area contributed by atoms with Gasteiger partial charge in [0.05, 0.1) is 6.61 Å². The van der Waals surface area contributed by atoms with E-state index in [-0.39, 0.29) is 0 Å². The average Bonchev–Trinajstić information content (AvgIpc) is 2.59. The molecule has 1 heterocycles. The van der Waals surface area contributed by atoms with Crippen LogP contribution in [0.5, 0.6) is 0 Å². The number of likely N-dealkylation sites (N-methyl/N-ethyl adjacent to an activating group) is 1. The summed E-state index contributed by atoms with van der Waals surface area (Å²) >= 11 is 5.26. The van der Waals surface area contributed by atoms with E-state index in [2.05, 4.69) is 32.7 Å². The molecular weight excluding hydrogens is 262 g/mol. The van der Waals surface area contributed by atoms with Gasteiger partial charge in [-0.3, -0.25) is 0 Å². The molecule has 80 valence electrons. The summed E-state index contributed by atoms with van der Waals surface area (Å²) in [5.41, 5.74) is 0. The fourth-order valence-corrected chi connectivity index (χ4v) is 2.78. The predicted molar refractivity (Wildman–Crippen MR) is 65.1 cm³/mol. The zero-order chi connectivity index (χ0) is 10.4. The van der Waals surface area contributed by atoms with Gasteiger partial charge in [-0.15, -0.1) is 11.3 Å². The lowest BCUT2D eigenvalue weighted by molar-refractivity contribution is 0.166. The molecule has 1 rings (SSSR count). The molecule has 0 bridgehead atoms. The fourth-order valence-electron chi connectivity index (χ4n) is 1.31. The quantitative estimate of drug-likeness (QED) is 0.863. The third kappa shape index (κ3) is 4.09. The largest absolute Gasteiger partial charge is 0.383 e. The van der Waals surface area contributed by atoms with Gasteiger partial charge in [-0.25, -0.2) is 0 Å². The molecule has 0 aromatic carbocycles. The molecule has 0 saturated carbocycles. The van der Waals surface area contributed by atoms with Gasteiger partial charge in [0.15, 0.2) is 0 Å². The maximum atomic E-state index is 5.12. The number of hydrogen-bond acceptors (Lipinski definition) is 3. The van der Waals surface area contributed by atoms with Crippen molar-refractivity contribution in [1.82, 2.24) is 5.32 Å². The van der Waals surface area contributed by atoms with Crippen molar-refractivity contribution >= 4 is 27.3 Å². The second kappa shape index (κ2) is 6.56. The maximum absolute atomic E-state index is 5.12. The Morgan fingerprint density at radius 3 is 2.93 bits per heavy atom. The van der Waals surface area contributed by atoms with Crippen molar-refractivity contribution in [2.45, 2.75) is 18.9 Å². The first-order chi connectivity index (χ1) is 6.76. The van der Waals surface area contributed by atoms with Gasteiger partial charge in [-0.05, 0) is 41.9 Å². The maximum Gasteiger partial charge on any atom is 0.0615 e. The topological polar surface area (TPSA) is 21.3 Å². The van der Waals surface area contributed by atoms with E-state index >= 15 is 0 Å². The van der Waals surface area contributed by atoms with Crippen LogP contribution >= 0.6 is 27.3 Å². The summed E-state index contributed by atoms with van der Waals surface area (Å²) in [6.07, 6.45) is 2.24. The molecule has 1 aromatic heterocycles. The summed E-state index contributed by atoms with van der Waals surface area (Å²) < 4.78 is 6.31. The van der Waals surface area contributed by atoms with E-state index in [1.54, 1.807) is 18.4 Å². The number of nitrogens with one attached hydrogen (secondary N) is 1. The molecule has 0 aliphatic carbocycles. The Labute approximate surface area is 97.8 Å². The van der Waals surface area contributed by atoms with Crippen LogP contribution in [0.1, 0.15) is 11.3 Å². The number of methoxy groups -OCH3 is 1. The van der Waals surface area contributed by atoms with Crippen molar-refractivity contribution in [1.29, 1.82) is 0 Å². The smallest absolute Gasteiger partial charge is 0.0615 e. The van der Waals surface area contributed by atoms with Crippen molar-refractivity contribution in [3.63, 3.8) is 0 Å². The van der Waals surface area contributed by atoms with E-state index in [1.165, 1.54) is 9.35 Å². The van der Waals surface area contributed by atoms with Crippen molar-refractivity contribution in [2.24, 2.45) is 0 Å². The monoisotopic (exact) mass is 277 g/mol. The highest BCUT2D eigenvalue weighted by molar-refractivity contribution is 9.10. The Balaban J connectivity index is 2.31. The first kappa shape index (κ1) is 12.2. The minimum atomic E-state index is 0.459. The van der Waals surface area contributed by atoms with E-state index in [0.29, 0.717) is 6.04 Å². The lowest BCUT2D eigenvalue weighted by atomic mass is 10.1. The molecule has 1 atom stereocenters. The van der Waals surface area contributed by atoms with E-state index in [4.69, 9.17) is 4.74 Å². The summed E-state index contributed by atoms with van der Waals surface area (Å²) in [6, 6.07) is 2.64. The summed E-state index contributed by atoms with van der Waals surface area (Å²) in [5.74, 6) is 0. The van der Waals surface area contributed by atoms with Crippen molar-refractivity contribution < 1.29 is 4.74 Å². The molecule has 0 fully saturated rings. The van der Waals surface area contributed by atoms with E-state index < -0.39 is 0 Å². The lowest BCUT2D eigenvalue weighted by Crippen LogP contribution is -2.30. The van der Waals surface area contributed by atoms with E-state index in [1.807, 2.05) is 7.05 Å². The molecule has 0 amide bonds. The van der Waals surface area contributed by atoms with Gasteiger partial charge < -0.3 is 10.1 Å². The Morgan fingerprint density at radius 2 is 2.43 bits per heavy atom. The minimum absolute atomic E-state index is 0.459. The van der Waals surface area contributed by atoms with Crippen LogP contribution in [0.2, 0.25) is 0 Å². The molecule has 4 heteroatoms. The standard InChI is InChI=1S/C10H16BrNOS/c1-12-9(6-13-2)3-4-10-5-8(11)7-14-10/h5,7,9,12H,3-4,6H2,1-2H3. The van der Waals surface area contributed by atoms with Crippen LogP contribution in [-0.2, 0) is 11.2 Å². The van der Waals surface area contributed by atoms with Gasteiger partial charge in [0, 0.05) is 27.9 Å². The molecule has 1 unspecified atom stereocenters. The second-order valence-corrected chi connectivity index (χ2v) is 5.12. The molecule has 1 aromatic rings. The highest BCUT2D eigenvalue weighted by Gasteiger charge is 2.06. The highest BCUT2D eigenvalue weighted by atomic mass is 79.9. The summed E-state index contributed by atoms with van der Waals surface area (Å²) in [4.78, 5) is 1.42. The highest BCUT2D eigenvalue weighted by Crippen LogP contribution is 2.21. The van der Waals surface area contributed by atoms with Crippen LogP contribution in [0.15, 0.2) is 15.9 Å².